The van der Waals surface area contributed by atoms with Crippen LogP contribution in [0.25, 0.3) is 0 Å². The Labute approximate surface area is 265 Å². The summed E-state index contributed by atoms with van der Waals surface area (Å²) in [5.41, 5.74) is 1.14. The minimum Gasteiger partial charge on any atom is -0.407 e. The molecule has 0 bridgehead atoms. The lowest BCUT2D eigenvalue weighted by Gasteiger charge is -2.43. The molecule has 0 aromatic heterocycles. The molecule has 0 spiro atoms. The molecule has 3 atom stereocenters. The summed E-state index contributed by atoms with van der Waals surface area (Å²) in [6, 6.07) is 31.6. The van der Waals surface area contributed by atoms with Gasteiger partial charge in [-0.3, -0.25) is 0 Å². The maximum absolute atomic E-state index is 7.10. The van der Waals surface area contributed by atoms with E-state index in [0.717, 1.165) is 5.56 Å². The Morgan fingerprint density at radius 3 is 1.98 bits per heavy atom. The van der Waals surface area contributed by atoms with Gasteiger partial charge in [-0.05, 0) is 47.7 Å². The third-order valence-electron chi connectivity index (χ3n) is 7.94. The Bertz CT molecular complexity index is 1220. The van der Waals surface area contributed by atoms with Gasteiger partial charge in [0.2, 0.25) is 0 Å². The monoisotopic (exact) mass is 618 g/mol. The highest BCUT2D eigenvalue weighted by Crippen LogP contribution is 2.37. The Balaban J connectivity index is 1.42. The van der Waals surface area contributed by atoms with Crippen LogP contribution in [0.15, 0.2) is 103 Å². The topological polar surface area (TPSA) is 55.4 Å². The molecule has 7 heteroatoms. The maximum atomic E-state index is 7.10. The van der Waals surface area contributed by atoms with E-state index < -0.39 is 14.1 Å². The summed E-state index contributed by atoms with van der Waals surface area (Å²) in [5.74, 6) is -0.658. The zero-order chi connectivity index (χ0) is 31.5. The van der Waals surface area contributed by atoms with Gasteiger partial charge >= 0.3 is 0 Å². The van der Waals surface area contributed by atoms with E-state index >= 15 is 0 Å². The summed E-state index contributed by atoms with van der Waals surface area (Å²) in [4.78, 5) is 0. The summed E-state index contributed by atoms with van der Waals surface area (Å²) < 4.78 is 36.9. The van der Waals surface area contributed by atoms with Crippen LogP contribution < -0.4 is 10.4 Å². The van der Waals surface area contributed by atoms with Crippen LogP contribution in [0.1, 0.15) is 53.0 Å². The predicted octanol–water partition coefficient (Wildman–Crippen LogP) is 6.63. The summed E-state index contributed by atoms with van der Waals surface area (Å²) in [6.07, 6.45) is 5.17. The molecule has 0 N–H and O–H groups in total. The first-order valence-electron chi connectivity index (χ1n) is 15.6. The van der Waals surface area contributed by atoms with E-state index in [-0.39, 0.29) is 30.1 Å². The first-order valence-corrected chi connectivity index (χ1v) is 17.5. The second-order valence-electron chi connectivity index (χ2n) is 12.8. The van der Waals surface area contributed by atoms with Gasteiger partial charge in [0.25, 0.3) is 8.32 Å². The largest absolute Gasteiger partial charge is 0.407 e. The summed E-state index contributed by atoms with van der Waals surface area (Å²) in [7, 11) is -0.980. The van der Waals surface area contributed by atoms with Crippen molar-refractivity contribution in [3.63, 3.8) is 0 Å². The van der Waals surface area contributed by atoms with Gasteiger partial charge in [0.15, 0.2) is 5.79 Å². The maximum Gasteiger partial charge on any atom is 0.261 e. The predicted molar refractivity (Wildman–Crippen MR) is 179 cm³/mol. The average molecular weight is 619 g/mol. The van der Waals surface area contributed by atoms with Gasteiger partial charge in [-0.1, -0.05) is 124 Å². The molecule has 1 saturated heterocycles. The third-order valence-corrected chi connectivity index (χ3v) is 13.0. The van der Waals surface area contributed by atoms with Crippen molar-refractivity contribution in [1.82, 2.24) is 0 Å². The molecule has 1 fully saturated rings. The van der Waals surface area contributed by atoms with Crippen molar-refractivity contribution in [2.75, 3.05) is 27.1 Å². The number of benzene rings is 3. The van der Waals surface area contributed by atoms with Crippen molar-refractivity contribution in [2.45, 2.75) is 83.2 Å². The van der Waals surface area contributed by atoms with Gasteiger partial charge in [0.1, 0.15) is 12.9 Å². The standard InChI is InChI=1S/C37H50O6Si/c1-36(2,3)44(32-20-12-8-13-21-32,33-22-14-9-15-23-33)41-26-25-31(40-29-38-6)19-16-24-34-35(43-37(4,5)42-34)28-39-27-30-17-10-7-11-18-30/h7-23,31,34-35H,24-29H2,1-6H3/b19-16+. The average Bonchev–Trinajstić information content (AvgIpc) is 3.31. The Hall–Kier alpha value is -2.62. The Kier molecular flexibility index (Phi) is 12.5. The van der Waals surface area contributed by atoms with E-state index in [2.05, 4.69) is 106 Å². The van der Waals surface area contributed by atoms with Gasteiger partial charge in [0.05, 0.1) is 25.4 Å². The quantitative estimate of drug-likeness (QED) is 0.102. The molecule has 4 rings (SSSR count). The van der Waals surface area contributed by atoms with Crippen LogP contribution in [-0.2, 0) is 34.7 Å². The molecule has 1 aliphatic heterocycles. The molecule has 6 nitrogen and oxygen atoms in total. The molecule has 1 heterocycles. The Morgan fingerprint density at radius 1 is 0.841 bits per heavy atom. The lowest BCUT2D eigenvalue weighted by molar-refractivity contribution is -0.151. The number of methoxy groups -OCH3 is 1. The van der Waals surface area contributed by atoms with Crippen molar-refractivity contribution in [3.8, 4) is 0 Å². The minimum absolute atomic E-state index is 0.0847. The smallest absolute Gasteiger partial charge is 0.261 e. The van der Waals surface area contributed by atoms with Crippen molar-refractivity contribution < 1.29 is 28.1 Å². The van der Waals surface area contributed by atoms with Crippen molar-refractivity contribution in [3.05, 3.63) is 109 Å². The normalized spacial score (nSPS) is 19.4. The highest BCUT2D eigenvalue weighted by molar-refractivity contribution is 6.99. The van der Waals surface area contributed by atoms with Crippen LogP contribution in [0.3, 0.4) is 0 Å². The second-order valence-corrected chi connectivity index (χ2v) is 17.1. The molecular formula is C37H50O6Si. The fourth-order valence-corrected chi connectivity index (χ4v) is 10.5. The minimum atomic E-state index is -2.62. The van der Waals surface area contributed by atoms with E-state index in [9.17, 15) is 0 Å². The fourth-order valence-electron chi connectivity index (χ4n) is 5.96. The molecule has 0 saturated carbocycles. The molecule has 3 unspecified atom stereocenters. The van der Waals surface area contributed by atoms with Crippen molar-refractivity contribution in [1.29, 1.82) is 0 Å². The van der Waals surface area contributed by atoms with Crippen LogP contribution >= 0.6 is 0 Å². The second kappa shape index (κ2) is 16.1. The lowest BCUT2D eigenvalue weighted by atomic mass is 10.1. The SMILES string of the molecule is COCOC(/C=C/CC1OC(C)(C)OC1COCc1ccccc1)CCO[Si](c1ccccc1)(c1ccccc1)C(C)(C)C. The summed E-state index contributed by atoms with van der Waals surface area (Å²) in [5, 5.41) is 2.45. The number of hydrogen-bond donors (Lipinski definition) is 0. The van der Waals surface area contributed by atoms with E-state index in [4.69, 9.17) is 28.1 Å². The van der Waals surface area contributed by atoms with Crippen LogP contribution in [-0.4, -0.2) is 59.5 Å². The molecule has 3 aromatic rings. The molecule has 3 aromatic carbocycles. The van der Waals surface area contributed by atoms with Crippen molar-refractivity contribution >= 4 is 18.7 Å². The zero-order valence-electron chi connectivity index (χ0n) is 27.2. The van der Waals surface area contributed by atoms with Crippen LogP contribution in [0, 0.1) is 0 Å². The molecule has 1 aliphatic rings. The lowest BCUT2D eigenvalue weighted by Crippen LogP contribution is -2.66. The third kappa shape index (κ3) is 9.20. The van der Waals surface area contributed by atoms with E-state index in [1.54, 1.807) is 7.11 Å². The van der Waals surface area contributed by atoms with Crippen LogP contribution in [0.5, 0.6) is 0 Å². The number of rotatable bonds is 16. The molecule has 44 heavy (non-hydrogen) atoms. The molecular weight excluding hydrogens is 568 g/mol. The molecule has 238 valence electrons. The van der Waals surface area contributed by atoms with Crippen LogP contribution in [0.2, 0.25) is 5.04 Å². The summed E-state index contributed by atoms with van der Waals surface area (Å²) in [6.45, 7) is 12.6. The van der Waals surface area contributed by atoms with E-state index in [1.807, 2.05) is 32.0 Å². The Morgan fingerprint density at radius 2 is 1.41 bits per heavy atom. The zero-order valence-corrected chi connectivity index (χ0v) is 28.2. The van der Waals surface area contributed by atoms with Gasteiger partial charge < -0.3 is 28.1 Å². The van der Waals surface area contributed by atoms with E-state index in [1.165, 1.54) is 10.4 Å². The number of ether oxygens (including phenoxy) is 5. The molecule has 0 radical (unpaired) electrons. The molecule has 0 amide bonds. The number of hydrogen-bond acceptors (Lipinski definition) is 6. The first kappa shape index (κ1) is 34.3. The first-order chi connectivity index (χ1) is 21.1. The highest BCUT2D eigenvalue weighted by atomic mass is 28.4. The van der Waals surface area contributed by atoms with E-state index in [0.29, 0.717) is 32.7 Å². The van der Waals surface area contributed by atoms with Gasteiger partial charge in [-0.2, -0.15) is 0 Å². The van der Waals surface area contributed by atoms with Gasteiger partial charge in [-0.25, -0.2) is 0 Å². The van der Waals surface area contributed by atoms with Crippen molar-refractivity contribution in [2.24, 2.45) is 0 Å². The van der Waals surface area contributed by atoms with Crippen LogP contribution in [0.4, 0.5) is 0 Å². The summed E-state index contributed by atoms with van der Waals surface area (Å²) >= 11 is 0. The molecule has 0 aliphatic carbocycles. The highest BCUT2D eigenvalue weighted by Gasteiger charge is 2.50. The fraction of sp³-hybridized carbons (Fsp3) is 0.459. The van der Waals surface area contributed by atoms with Gasteiger partial charge in [0, 0.05) is 13.7 Å². The van der Waals surface area contributed by atoms with Gasteiger partial charge in [-0.15, -0.1) is 0 Å².